The first-order chi connectivity index (χ1) is 13.0. The number of nitrogens with two attached hydrogens (primary N) is 1. The molecule has 0 bridgehead atoms. The smallest absolute Gasteiger partial charge is 0.261 e. The predicted octanol–water partition coefficient (Wildman–Crippen LogP) is 3.32. The maximum atomic E-state index is 12.7. The number of nitrogens with zero attached hydrogens (tertiary/aromatic N) is 2. The molecule has 0 saturated heterocycles. The van der Waals surface area contributed by atoms with Gasteiger partial charge in [0.25, 0.3) is 5.91 Å². The Balaban J connectivity index is 1.73. The van der Waals surface area contributed by atoms with E-state index in [1.165, 1.54) is 28.0 Å². The molecule has 1 aromatic carbocycles. The second kappa shape index (κ2) is 8.50. The van der Waals surface area contributed by atoms with Gasteiger partial charge in [0, 0.05) is 30.6 Å². The van der Waals surface area contributed by atoms with Gasteiger partial charge in [-0.15, -0.1) is 11.3 Å². The fourth-order valence-electron chi connectivity index (χ4n) is 3.25. The number of carbonyl (C=O) groups is 1. The summed E-state index contributed by atoms with van der Waals surface area (Å²) in [5.41, 5.74) is 11.6. The number of carbonyl (C=O) groups excluding carboxylic acids is 1. The molecule has 3 aromatic rings. The highest BCUT2D eigenvalue weighted by Crippen LogP contribution is 2.28. The molecular formula is C21H26N4OS. The van der Waals surface area contributed by atoms with Gasteiger partial charge in [0.15, 0.2) is 0 Å². The third kappa shape index (κ3) is 4.28. The summed E-state index contributed by atoms with van der Waals surface area (Å²) in [4.78, 5) is 13.4. The SMILES string of the molecule is CCc1cnn(C)c1-c1csc(C(=O)N[C@H](CN)Cc2ccccc2C)c1. The van der Waals surface area contributed by atoms with E-state index < -0.39 is 0 Å². The van der Waals surface area contributed by atoms with Crippen LogP contribution in [0.2, 0.25) is 0 Å². The largest absolute Gasteiger partial charge is 0.347 e. The van der Waals surface area contributed by atoms with Crippen molar-refractivity contribution in [2.45, 2.75) is 32.7 Å². The third-order valence-corrected chi connectivity index (χ3v) is 5.77. The Labute approximate surface area is 164 Å². The van der Waals surface area contributed by atoms with Crippen molar-refractivity contribution in [2.75, 3.05) is 6.54 Å². The number of benzene rings is 1. The number of nitrogens with one attached hydrogen (secondary N) is 1. The summed E-state index contributed by atoms with van der Waals surface area (Å²) in [6.07, 6.45) is 3.53. The second-order valence-electron chi connectivity index (χ2n) is 6.73. The molecule has 0 saturated carbocycles. The molecule has 1 atom stereocenters. The lowest BCUT2D eigenvalue weighted by atomic mass is 10.0. The lowest BCUT2D eigenvalue weighted by Crippen LogP contribution is -2.41. The van der Waals surface area contributed by atoms with E-state index in [0.29, 0.717) is 11.4 Å². The minimum Gasteiger partial charge on any atom is -0.347 e. The Bertz CT molecular complexity index is 928. The van der Waals surface area contributed by atoms with E-state index in [2.05, 4.69) is 36.4 Å². The molecule has 6 heteroatoms. The summed E-state index contributed by atoms with van der Waals surface area (Å²) in [5.74, 6) is -0.0736. The lowest BCUT2D eigenvalue weighted by Gasteiger charge is -2.17. The number of aromatic nitrogens is 2. The molecule has 2 aromatic heterocycles. The fourth-order valence-corrected chi connectivity index (χ4v) is 4.04. The third-order valence-electron chi connectivity index (χ3n) is 4.84. The topological polar surface area (TPSA) is 72.9 Å². The van der Waals surface area contributed by atoms with Gasteiger partial charge in [0.05, 0.1) is 16.8 Å². The summed E-state index contributed by atoms with van der Waals surface area (Å²) < 4.78 is 1.86. The van der Waals surface area contributed by atoms with E-state index in [9.17, 15) is 4.79 Å². The minimum absolute atomic E-state index is 0.0736. The van der Waals surface area contributed by atoms with Crippen LogP contribution in [0.1, 0.15) is 33.3 Å². The van der Waals surface area contributed by atoms with Crippen molar-refractivity contribution in [3.63, 3.8) is 0 Å². The zero-order valence-electron chi connectivity index (χ0n) is 16.0. The van der Waals surface area contributed by atoms with Crippen LogP contribution in [0.3, 0.4) is 0 Å². The highest BCUT2D eigenvalue weighted by molar-refractivity contribution is 7.12. The summed E-state index contributed by atoms with van der Waals surface area (Å²) in [6, 6.07) is 10.1. The average molecular weight is 383 g/mol. The first kappa shape index (κ1) is 19.3. The van der Waals surface area contributed by atoms with E-state index in [-0.39, 0.29) is 11.9 Å². The van der Waals surface area contributed by atoms with Crippen LogP contribution in [0.15, 0.2) is 41.9 Å². The Morgan fingerprint density at radius 2 is 2.11 bits per heavy atom. The van der Waals surface area contributed by atoms with Crippen LogP contribution in [0.5, 0.6) is 0 Å². The molecule has 0 spiro atoms. The van der Waals surface area contributed by atoms with Crippen molar-refractivity contribution >= 4 is 17.2 Å². The van der Waals surface area contributed by atoms with Gasteiger partial charge in [0.1, 0.15) is 0 Å². The van der Waals surface area contributed by atoms with Crippen molar-refractivity contribution in [3.8, 4) is 11.3 Å². The molecule has 0 aliphatic heterocycles. The standard InChI is InChI=1S/C21H26N4OS/c1-4-15-12-23-25(3)20(15)17-10-19(27-13-17)21(26)24-18(11-22)9-16-8-6-5-7-14(16)2/h5-8,10,12-13,18H,4,9,11,22H2,1-3H3,(H,24,26)/t18-/m0/s1. The van der Waals surface area contributed by atoms with Crippen molar-refractivity contribution in [1.82, 2.24) is 15.1 Å². The number of hydrogen-bond donors (Lipinski definition) is 2. The van der Waals surface area contributed by atoms with Gasteiger partial charge < -0.3 is 11.1 Å². The molecule has 3 rings (SSSR count). The molecule has 142 valence electrons. The van der Waals surface area contributed by atoms with E-state index in [4.69, 9.17) is 5.73 Å². The highest BCUT2D eigenvalue weighted by Gasteiger charge is 2.18. The number of aryl methyl sites for hydroxylation is 3. The Kier molecular flexibility index (Phi) is 6.08. The number of amides is 1. The summed E-state index contributed by atoms with van der Waals surface area (Å²) in [5, 5.41) is 9.44. The molecule has 0 aliphatic rings. The summed E-state index contributed by atoms with van der Waals surface area (Å²) in [7, 11) is 1.93. The molecule has 1 amide bonds. The van der Waals surface area contributed by atoms with Crippen LogP contribution < -0.4 is 11.1 Å². The van der Waals surface area contributed by atoms with Crippen molar-refractivity contribution in [3.05, 3.63) is 63.5 Å². The van der Waals surface area contributed by atoms with Gasteiger partial charge in [0.2, 0.25) is 0 Å². The fraction of sp³-hybridized carbons (Fsp3) is 0.333. The number of hydrogen-bond acceptors (Lipinski definition) is 4. The van der Waals surface area contributed by atoms with Crippen LogP contribution in [0.25, 0.3) is 11.3 Å². The highest BCUT2D eigenvalue weighted by atomic mass is 32.1. The van der Waals surface area contributed by atoms with E-state index in [0.717, 1.165) is 24.1 Å². The van der Waals surface area contributed by atoms with Gasteiger partial charge in [-0.05, 0) is 42.5 Å². The van der Waals surface area contributed by atoms with Gasteiger partial charge in [-0.25, -0.2) is 0 Å². The first-order valence-electron chi connectivity index (χ1n) is 9.18. The zero-order chi connectivity index (χ0) is 19.4. The van der Waals surface area contributed by atoms with Crippen LogP contribution in [-0.2, 0) is 19.9 Å². The quantitative estimate of drug-likeness (QED) is 0.658. The molecule has 0 fully saturated rings. The van der Waals surface area contributed by atoms with Gasteiger partial charge in [-0.1, -0.05) is 31.2 Å². The van der Waals surface area contributed by atoms with Crippen LogP contribution >= 0.6 is 11.3 Å². The van der Waals surface area contributed by atoms with Crippen LogP contribution in [-0.4, -0.2) is 28.3 Å². The van der Waals surface area contributed by atoms with Crippen molar-refractivity contribution < 1.29 is 4.79 Å². The summed E-state index contributed by atoms with van der Waals surface area (Å²) in [6.45, 7) is 4.59. The molecule has 0 unspecified atom stereocenters. The monoisotopic (exact) mass is 382 g/mol. The van der Waals surface area contributed by atoms with Gasteiger partial charge in [-0.2, -0.15) is 5.10 Å². The molecule has 27 heavy (non-hydrogen) atoms. The zero-order valence-corrected chi connectivity index (χ0v) is 16.8. The van der Waals surface area contributed by atoms with Crippen LogP contribution in [0.4, 0.5) is 0 Å². The minimum atomic E-state index is -0.0907. The predicted molar refractivity (Wildman–Crippen MR) is 111 cm³/mol. The Morgan fingerprint density at radius 3 is 2.81 bits per heavy atom. The Hall–Kier alpha value is -2.44. The maximum Gasteiger partial charge on any atom is 0.261 e. The number of rotatable bonds is 7. The number of thiophene rings is 1. The maximum absolute atomic E-state index is 12.7. The second-order valence-corrected chi connectivity index (χ2v) is 7.64. The molecule has 3 N–H and O–H groups in total. The van der Waals surface area contributed by atoms with Crippen LogP contribution in [0, 0.1) is 6.92 Å². The normalized spacial score (nSPS) is 12.1. The lowest BCUT2D eigenvalue weighted by molar-refractivity contribution is 0.0942. The van der Waals surface area contributed by atoms with Crippen molar-refractivity contribution in [2.24, 2.45) is 12.8 Å². The molecule has 0 radical (unpaired) electrons. The van der Waals surface area contributed by atoms with Crippen molar-refractivity contribution in [1.29, 1.82) is 0 Å². The van der Waals surface area contributed by atoms with Gasteiger partial charge >= 0.3 is 0 Å². The van der Waals surface area contributed by atoms with E-state index >= 15 is 0 Å². The summed E-state index contributed by atoms with van der Waals surface area (Å²) >= 11 is 1.45. The molecule has 2 heterocycles. The average Bonchev–Trinajstić information content (AvgIpc) is 3.29. The molecular weight excluding hydrogens is 356 g/mol. The van der Waals surface area contributed by atoms with Gasteiger partial charge in [-0.3, -0.25) is 9.48 Å². The molecule has 0 aliphatic carbocycles. The molecule has 5 nitrogen and oxygen atoms in total. The first-order valence-corrected chi connectivity index (χ1v) is 10.1. The van der Waals surface area contributed by atoms with E-state index in [1.807, 2.05) is 41.5 Å². The Morgan fingerprint density at radius 1 is 1.33 bits per heavy atom. The van der Waals surface area contributed by atoms with E-state index in [1.54, 1.807) is 0 Å².